The Balaban J connectivity index is 1.44. The lowest BCUT2D eigenvalue weighted by Gasteiger charge is -2.36. The summed E-state index contributed by atoms with van der Waals surface area (Å²) in [6, 6.07) is 6.13. The molecule has 0 N–H and O–H groups in total. The Hall–Kier alpha value is -2.21. The Kier molecular flexibility index (Phi) is 4.21. The van der Waals surface area contributed by atoms with Crippen LogP contribution in [0.2, 0.25) is 0 Å². The topological polar surface area (TPSA) is 45.2 Å². The average molecular weight is 366 g/mol. The van der Waals surface area contributed by atoms with Gasteiger partial charge in [-0.25, -0.2) is 15.0 Å². The first kappa shape index (κ1) is 16.0. The van der Waals surface area contributed by atoms with Crippen LogP contribution in [0.25, 0.3) is 10.2 Å². The second-order valence-corrected chi connectivity index (χ2v) is 8.19. The molecule has 4 heterocycles. The molecule has 0 unspecified atom stereocenters. The summed E-state index contributed by atoms with van der Waals surface area (Å²) in [4.78, 5) is 21.3. The van der Waals surface area contributed by atoms with E-state index in [1.807, 2.05) is 23.6 Å². The molecule has 0 aromatic carbocycles. The van der Waals surface area contributed by atoms with Crippen LogP contribution in [0.4, 0.5) is 11.6 Å². The molecule has 134 valence electrons. The van der Waals surface area contributed by atoms with Crippen LogP contribution in [-0.4, -0.2) is 41.1 Å². The van der Waals surface area contributed by atoms with E-state index >= 15 is 0 Å². The van der Waals surface area contributed by atoms with Crippen LogP contribution < -0.4 is 9.80 Å². The summed E-state index contributed by atoms with van der Waals surface area (Å²) in [6.07, 6.45) is 9.96. The van der Waals surface area contributed by atoms with E-state index in [0.717, 1.165) is 37.8 Å². The van der Waals surface area contributed by atoms with Gasteiger partial charge in [0.05, 0.1) is 5.39 Å². The first-order chi connectivity index (χ1) is 12.9. The van der Waals surface area contributed by atoms with Crippen molar-refractivity contribution < 1.29 is 0 Å². The molecule has 1 fully saturated rings. The third kappa shape index (κ3) is 2.82. The summed E-state index contributed by atoms with van der Waals surface area (Å²) in [5.41, 5.74) is 1.53. The van der Waals surface area contributed by atoms with Gasteiger partial charge in [0.2, 0.25) is 0 Å². The maximum absolute atomic E-state index is 4.73. The van der Waals surface area contributed by atoms with E-state index in [4.69, 9.17) is 4.98 Å². The van der Waals surface area contributed by atoms with Gasteiger partial charge in [-0.05, 0) is 43.4 Å². The van der Waals surface area contributed by atoms with Crippen LogP contribution >= 0.6 is 11.3 Å². The molecular formula is C20H23N5S. The normalized spacial score (nSPS) is 18.0. The molecule has 26 heavy (non-hydrogen) atoms. The Labute approximate surface area is 157 Å². The molecule has 5 rings (SSSR count). The molecule has 3 aromatic heterocycles. The van der Waals surface area contributed by atoms with Crippen molar-refractivity contribution in [1.29, 1.82) is 0 Å². The van der Waals surface area contributed by atoms with Crippen molar-refractivity contribution in [3.63, 3.8) is 0 Å². The molecule has 0 spiro atoms. The number of hydrogen-bond donors (Lipinski definition) is 0. The van der Waals surface area contributed by atoms with Crippen LogP contribution in [0.1, 0.15) is 29.7 Å². The van der Waals surface area contributed by atoms with Gasteiger partial charge in [-0.1, -0.05) is 12.5 Å². The van der Waals surface area contributed by atoms with Crippen molar-refractivity contribution in [2.75, 3.05) is 36.0 Å². The fourth-order valence-electron chi connectivity index (χ4n) is 4.18. The first-order valence-electron chi connectivity index (χ1n) is 9.56. The molecule has 0 saturated carbocycles. The van der Waals surface area contributed by atoms with Gasteiger partial charge in [0.1, 0.15) is 22.8 Å². The Morgan fingerprint density at radius 3 is 2.54 bits per heavy atom. The summed E-state index contributed by atoms with van der Waals surface area (Å²) in [5.74, 6) is 2.22. The van der Waals surface area contributed by atoms with Gasteiger partial charge in [0.15, 0.2) is 0 Å². The van der Waals surface area contributed by atoms with E-state index in [2.05, 4.69) is 31.9 Å². The summed E-state index contributed by atoms with van der Waals surface area (Å²) in [6.45, 7) is 3.92. The number of aryl methyl sites for hydroxylation is 2. The minimum absolute atomic E-state index is 0.979. The zero-order valence-electron chi connectivity index (χ0n) is 14.9. The number of anilines is 2. The summed E-state index contributed by atoms with van der Waals surface area (Å²) in [7, 11) is 0. The van der Waals surface area contributed by atoms with Gasteiger partial charge >= 0.3 is 0 Å². The van der Waals surface area contributed by atoms with Crippen molar-refractivity contribution >= 4 is 33.2 Å². The van der Waals surface area contributed by atoms with Crippen LogP contribution in [0.3, 0.4) is 0 Å². The van der Waals surface area contributed by atoms with Crippen molar-refractivity contribution in [2.24, 2.45) is 0 Å². The molecule has 0 bridgehead atoms. The lowest BCUT2D eigenvalue weighted by atomic mass is 10.1. The predicted molar refractivity (Wildman–Crippen MR) is 107 cm³/mol. The van der Waals surface area contributed by atoms with E-state index in [1.165, 1.54) is 47.9 Å². The lowest BCUT2D eigenvalue weighted by molar-refractivity contribution is 0.643. The van der Waals surface area contributed by atoms with Crippen molar-refractivity contribution in [2.45, 2.75) is 32.1 Å². The minimum Gasteiger partial charge on any atom is -0.353 e. The number of piperazine rings is 1. The monoisotopic (exact) mass is 365 g/mol. The van der Waals surface area contributed by atoms with Gasteiger partial charge in [0, 0.05) is 37.3 Å². The molecule has 1 aliphatic heterocycles. The highest BCUT2D eigenvalue weighted by molar-refractivity contribution is 7.18. The largest absolute Gasteiger partial charge is 0.353 e. The van der Waals surface area contributed by atoms with E-state index < -0.39 is 0 Å². The quantitative estimate of drug-likeness (QED) is 0.648. The first-order valence-corrected chi connectivity index (χ1v) is 10.4. The molecule has 2 aliphatic rings. The third-order valence-corrected chi connectivity index (χ3v) is 6.73. The molecule has 0 amide bonds. The second kappa shape index (κ2) is 6.83. The molecular weight excluding hydrogens is 342 g/mol. The van der Waals surface area contributed by atoms with E-state index in [0.29, 0.717) is 0 Å². The molecule has 0 radical (unpaired) electrons. The Morgan fingerprint density at radius 1 is 0.846 bits per heavy atom. The maximum Gasteiger partial charge on any atom is 0.141 e. The van der Waals surface area contributed by atoms with Crippen LogP contribution in [-0.2, 0) is 12.8 Å². The van der Waals surface area contributed by atoms with Gasteiger partial charge in [-0.3, -0.25) is 0 Å². The lowest BCUT2D eigenvalue weighted by Crippen LogP contribution is -2.47. The number of nitrogens with zero attached hydrogens (tertiary/aromatic N) is 5. The van der Waals surface area contributed by atoms with E-state index in [1.54, 1.807) is 11.2 Å². The highest BCUT2D eigenvalue weighted by Crippen LogP contribution is 2.38. The second-order valence-electron chi connectivity index (χ2n) is 7.10. The Bertz CT molecular complexity index is 899. The standard InChI is InChI=1S/C20H23N5S/c1-2-6-15-16(7-3-1)26-20-18(15)19(22-14-23-20)25-12-10-24(11-13-25)17-8-4-5-9-21-17/h4-5,8-9,14H,1-3,6-7,10-13H2. The van der Waals surface area contributed by atoms with Gasteiger partial charge in [-0.15, -0.1) is 11.3 Å². The van der Waals surface area contributed by atoms with Crippen LogP contribution in [0, 0.1) is 0 Å². The van der Waals surface area contributed by atoms with E-state index in [-0.39, 0.29) is 0 Å². The fourth-order valence-corrected chi connectivity index (χ4v) is 5.40. The molecule has 1 saturated heterocycles. The molecule has 5 nitrogen and oxygen atoms in total. The van der Waals surface area contributed by atoms with E-state index in [9.17, 15) is 0 Å². The van der Waals surface area contributed by atoms with Gasteiger partial charge < -0.3 is 9.80 Å². The average Bonchev–Trinajstić information content (AvgIpc) is 2.90. The van der Waals surface area contributed by atoms with Gasteiger partial charge in [-0.2, -0.15) is 0 Å². The minimum atomic E-state index is 0.979. The number of thiophene rings is 1. The van der Waals surface area contributed by atoms with Crippen molar-refractivity contribution in [1.82, 2.24) is 15.0 Å². The highest BCUT2D eigenvalue weighted by Gasteiger charge is 2.24. The van der Waals surface area contributed by atoms with Crippen LogP contribution in [0.15, 0.2) is 30.7 Å². The zero-order valence-corrected chi connectivity index (χ0v) is 15.7. The predicted octanol–water partition coefficient (Wildman–Crippen LogP) is 3.68. The molecule has 1 aliphatic carbocycles. The highest BCUT2D eigenvalue weighted by atomic mass is 32.1. The fraction of sp³-hybridized carbons (Fsp3) is 0.450. The Morgan fingerprint density at radius 2 is 1.69 bits per heavy atom. The third-order valence-electron chi connectivity index (χ3n) is 5.53. The zero-order chi connectivity index (χ0) is 17.3. The van der Waals surface area contributed by atoms with Gasteiger partial charge in [0.25, 0.3) is 0 Å². The number of hydrogen-bond acceptors (Lipinski definition) is 6. The summed E-state index contributed by atoms with van der Waals surface area (Å²) >= 11 is 1.89. The number of fused-ring (bicyclic) bond motifs is 3. The summed E-state index contributed by atoms with van der Waals surface area (Å²) in [5, 5.41) is 1.33. The van der Waals surface area contributed by atoms with Crippen molar-refractivity contribution in [3.8, 4) is 0 Å². The molecule has 6 heteroatoms. The smallest absolute Gasteiger partial charge is 0.141 e. The molecule has 3 aromatic rings. The number of rotatable bonds is 2. The summed E-state index contributed by atoms with van der Waals surface area (Å²) < 4.78 is 0. The molecule has 0 atom stereocenters. The van der Waals surface area contributed by atoms with Crippen molar-refractivity contribution in [3.05, 3.63) is 41.2 Å². The van der Waals surface area contributed by atoms with Crippen LogP contribution in [0.5, 0.6) is 0 Å². The number of aromatic nitrogens is 3. The maximum atomic E-state index is 4.73. The number of pyridine rings is 1. The SMILES string of the molecule is c1ccc(N2CCN(c3ncnc4sc5c(c34)CCCCC5)CC2)nc1.